The van der Waals surface area contributed by atoms with Gasteiger partial charge in [-0.25, -0.2) is 4.99 Å². The van der Waals surface area contributed by atoms with Crippen LogP contribution in [0.4, 0.5) is 5.69 Å². The van der Waals surface area contributed by atoms with Crippen molar-refractivity contribution in [3.8, 4) is 5.75 Å². The highest BCUT2D eigenvalue weighted by molar-refractivity contribution is 6.31. The van der Waals surface area contributed by atoms with Gasteiger partial charge >= 0.3 is 0 Å². The number of guanidine groups is 1. The summed E-state index contributed by atoms with van der Waals surface area (Å²) < 4.78 is 5.16. The van der Waals surface area contributed by atoms with Crippen LogP contribution in [0.25, 0.3) is 0 Å². The number of hydrogen-bond acceptors (Lipinski definition) is 3. The van der Waals surface area contributed by atoms with E-state index in [9.17, 15) is 4.79 Å². The van der Waals surface area contributed by atoms with Crippen LogP contribution in [0.2, 0.25) is 5.02 Å². The van der Waals surface area contributed by atoms with Gasteiger partial charge in [0.25, 0.3) is 0 Å². The van der Waals surface area contributed by atoms with Crippen molar-refractivity contribution in [3.63, 3.8) is 0 Å². The number of halogens is 1. The lowest BCUT2D eigenvalue weighted by Gasteiger charge is -2.12. The molecule has 0 atom stereocenters. The molecule has 28 heavy (non-hydrogen) atoms. The number of aliphatic imine (C=N–C) groups is 1. The molecule has 0 heterocycles. The quantitative estimate of drug-likeness (QED) is 0.464. The summed E-state index contributed by atoms with van der Waals surface area (Å²) in [7, 11) is 1.64. The molecule has 0 saturated carbocycles. The van der Waals surface area contributed by atoms with Gasteiger partial charge in [-0.3, -0.25) is 4.79 Å². The zero-order valence-electron chi connectivity index (χ0n) is 16.5. The van der Waals surface area contributed by atoms with Gasteiger partial charge in [0, 0.05) is 30.2 Å². The minimum atomic E-state index is -0.0798. The van der Waals surface area contributed by atoms with Gasteiger partial charge in [-0.15, -0.1) is 0 Å². The number of ether oxygens (including phenoxy) is 1. The zero-order chi connectivity index (χ0) is 20.4. The third-order valence-electron chi connectivity index (χ3n) is 4.11. The second-order valence-electron chi connectivity index (χ2n) is 6.18. The summed E-state index contributed by atoms with van der Waals surface area (Å²) in [5.41, 5.74) is 2.67. The first-order valence-electron chi connectivity index (χ1n) is 9.23. The summed E-state index contributed by atoms with van der Waals surface area (Å²) in [6.07, 6.45) is 0.318. The van der Waals surface area contributed by atoms with E-state index in [0.29, 0.717) is 30.5 Å². The second kappa shape index (κ2) is 11.2. The topological polar surface area (TPSA) is 74.8 Å². The molecule has 0 unspecified atom stereocenters. The maximum absolute atomic E-state index is 12.2. The molecule has 0 fully saturated rings. The molecule has 0 radical (unpaired) electrons. The molecule has 0 aliphatic rings. The summed E-state index contributed by atoms with van der Waals surface area (Å²) in [6, 6.07) is 13.2. The highest BCUT2D eigenvalue weighted by Gasteiger charge is 2.07. The summed E-state index contributed by atoms with van der Waals surface area (Å²) >= 11 is 6.09. The van der Waals surface area contributed by atoms with Crippen LogP contribution >= 0.6 is 11.6 Å². The maximum Gasteiger partial charge on any atom is 0.226 e. The first kappa shape index (κ1) is 21.6. The Morgan fingerprint density at radius 1 is 1.14 bits per heavy atom. The van der Waals surface area contributed by atoms with Crippen molar-refractivity contribution < 1.29 is 9.53 Å². The van der Waals surface area contributed by atoms with Crippen LogP contribution in [-0.4, -0.2) is 32.1 Å². The molecule has 6 nitrogen and oxygen atoms in total. The monoisotopic (exact) mass is 402 g/mol. The standard InChI is InChI=1S/C21H27ClN4O2/c1-4-23-21(25-14-16-8-10-17(28-3)11-9-16)24-13-12-20(27)26-19-7-5-6-18(22)15(19)2/h5-11H,4,12-14H2,1-3H3,(H,26,27)(H2,23,24,25). The zero-order valence-corrected chi connectivity index (χ0v) is 17.3. The number of benzene rings is 2. The van der Waals surface area contributed by atoms with Gasteiger partial charge in [0.2, 0.25) is 5.91 Å². The van der Waals surface area contributed by atoms with E-state index < -0.39 is 0 Å². The molecule has 1 amide bonds. The van der Waals surface area contributed by atoms with Crippen molar-refractivity contribution in [2.24, 2.45) is 4.99 Å². The minimum absolute atomic E-state index is 0.0798. The Morgan fingerprint density at radius 2 is 1.89 bits per heavy atom. The van der Waals surface area contributed by atoms with Gasteiger partial charge < -0.3 is 20.7 Å². The number of amides is 1. The summed E-state index contributed by atoms with van der Waals surface area (Å²) in [5.74, 6) is 1.41. The Hall–Kier alpha value is -2.73. The molecular weight excluding hydrogens is 376 g/mol. The number of anilines is 1. The summed E-state index contributed by atoms with van der Waals surface area (Å²) in [4.78, 5) is 16.7. The Morgan fingerprint density at radius 3 is 2.57 bits per heavy atom. The lowest BCUT2D eigenvalue weighted by atomic mass is 10.2. The van der Waals surface area contributed by atoms with E-state index in [1.807, 2.05) is 50.2 Å². The molecule has 0 aliphatic heterocycles. The Balaban J connectivity index is 1.84. The van der Waals surface area contributed by atoms with Crippen molar-refractivity contribution in [2.45, 2.75) is 26.8 Å². The molecule has 2 aromatic carbocycles. The first-order chi connectivity index (χ1) is 13.5. The van der Waals surface area contributed by atoms with E-state index in [4.69, 9.17) is 16.3 Å². The molecule has 7 heteroatoms. The SMILES string of the molecule is CCNC(=NCc1ccc(OC)cc1)NCCC(=O)Nc1cccc(Cl)c1C. The van der Waals surface area contributed by atoms with Crippen LogP contribution in [0.3, 0.4) is 0 Å². The van der Waals surface area contributed by atoms with Gasteiger partial charge in [-0.05, 0) is 49.2 Å². The van der Waals surface area contributed by atoms with Gasteiger partial charge in [0.15, 0.2) is 5.96 Å². The molecule has 0 saturated heterocycles. The predicted molar refractivity (Wildman–Crippen MR) is 115 cm³/mol. The fraction of sp³-hybridized carbons (Fsp3) is 0.333. The first-order valence-corrected chi connectivity index (χ1v) is 9.61. The van der Waals surface area contributed by atoms with E-state index in [1.54, 1.807) is 13.2 Å². The van der Waals surface area contributed by atoms with Crippen LogP contribution in [0.1, 0.15) is 24.5 Å². The Labute approximate surface area is 171 Å². The van der Waals surface area contributed by atoms with Crippen molar-refractivity contribution in [1.29, 1.82) is 0 Å². The number of carbonyl (C=O) groups excluding carboxylic acids is 1. The number of nitrogens with zero attached hydrogens (tertiary/aromatic N) is 1. The van der Waals surface area contributed by atoms with Crippen LogP contribution in [0.5, 0.6) is 5.75 Å². The highest BCUT2D eigenvalue weighted by atomic mass is 35.5. The van der Waals surface area contributed by atoms with E-state index in [2.05, 4.69) is 20.9 Å². The third kappa shape index (κ3) is 6.78. The van der Waals surface area contributed by atoms with Crippen molar-refractivity contribution in [3.05, 3.63) is 58.6 Å². The largest absolute Gasteiger partial charge is 0.497 e. The lowest BCUT2D eigenvalue weighted by Crippen LogP contribution is -2.38. The summed E-state index contributed by atoms with van der Waals surface area (Å²) in [5, 5.41) is 9.89. The lowest BCUT2D eigenvalue weighted by molar-refractivity contribution is -0.116. The van der Waals surface area contributed by atoms with Crippen molar-refractivity contribution in [2.75, 3.05) is 25.5 Å². The number of hydrogen-bond donors (Lipinski definition) is 3. The fourth-order valence-electron chi connectivity index (χ4n) is 2.49. The normalized spacial score (nSPS) is 11.1. The van der Waals surface area contributed by atoms with Crippen LogP contribution < -0.4 is 20.7 Å². The predicted octanol–water partition coefficient (Wildman–Crippen LogP) is 3.74. The fourth-order valence-corrected chi connectivity index (χ4v) is 2.67. The highest BCUT2D eigenvalue weighted by Crippen LogP contribution is 2.22. The van der Waals surface area contributed by atoms with Crippen LogP contribution in [-0.2, 0) is 11.3 Å². The van der Waals surface area contributed by atoms with Crippen molar-refractivity contribution in [1.82, 2.24) is 10.6 Å². The molecule has 0 spiro atoms. The Kier molecular flexibility index (Phi) is 8.62. The number of carbonyl (C=O) groups is 1. The van der Waals surface area contributed by atoms with Gasteiger partial charge in [-0.2, -0.15) is 0 Å². The smallest absolute Gasteiger partial charge is 0.226 e. The molecule has 0 aliphatic carbocycles. The molecule has 2 aromatic rings. The van der Waals surface area contributed by atoms with E-state index in [-0.39, 0.29) is 5.91 Å². The molecule has 150 valence electrons. The molecule has 2 rings (SSSR count). The number of rotatable bonds is 8. The maximum atomic E-state index is 12.2. The van der Waals surface area contributed by atoms with Gasteiger partial charge in [-0.1, -0.05) is 29.8 Å². The van der Waals surface area contributed by atoms with Gasteiger partial charge in [0.1, 0.15) is 5.75 Å². The molecule has 0 bridgehead atoms. The number of methoxy groups -OCH3 is 1. The molecule has 3 N–H and O–H groups in total. The van der Waals surface area contributed by atoms with Crippen LogP contribution in [0.15, 0.2) is 47.5 Å². The van der Waals surface area contributed by atoms with E-state index in [1.165, 1.54) is 0 Å². The number of nitrogens with one attached hydrogen (secondary N) is 3. The molecular formula is C21H27ClN4O2. The molecule has 0 aromatic heterocycles. The third-order valence-corrected chi connectivity index (χ3v) is 4.52. The Bertz CT molecular complexity index is 807. The van der Waals surface area contributed by atoms with Crippen LogP contribution in [0, 0.1) is 6.92 Å². The van der Waals surface area contributed by atoms with Gasteiger partial charge in [0.05, 0.1) is 13.7 Å². The summed E-state index contributed by atoms with van der Waals surface area (Å²) in [6.45, 7) is 5.62. The van der Waals surface area contributed by atoms with E-state index >= 15 is 0 Å². The van der Waals surface area contributed by atoms with E-state index in [0.717, 1.165) is 29.1 Å². The van der Waals surface area contributed by atoms with Crippen molar-refractivity contribution >= 4 is 29.2 Å². The minimum Gasteiger partial charge on any atom is -0.497 e. The second-order valence-corrected chi connectivity index (χ2v) is 6.59. The average molecular weight is 403 g/mol. The average Bonchev–Trinajstić information content (AvgIpc) is 2.70.